The number of rotatable bonds is 9. The molecule has 1 unspecified atom stereocenters. The summed E-state index contributed by atoms with van der Waals surface area (Å²) in [6, 6.07) is 22.9. The Labute approximate surface area is 230 Å². The van der Waals surface area contributed by atoms with E-state index >= 15 is 0 Å². The van der Waals surface area contributed by atoms with Gasteiger partial charge < -0.3 is 10.1 Å². The fraction of sp³-hybridized carbons (Fsp3) is 0.333. The van der Waals surface area contributed by atoms with Gasteiger partial charge in [0.25, 0.3) is 0 Å². The van der Waals surface area contributed by atoms with Gasteiger partial charge in [-0.1, -0.05) is 49.7 Å². The number of aromatic nitrogens is 2. The first-order chi connectivity index (χ1) is 18.9. The molecule has 1 aliphatic rings. The Bertz CT molecular complexity index is 1530. The molecule has 2 heterocycles. The van der Waals surface area contributed by atoms with E-state index in [0.717, 1.165) is 40.7 Å². The Morgan fingerprint density at radius 1 is 0.923 bits per heavy atom. The summed E-state index contributed by atoms with van der Waals surface area (Å²) in [4.78, 5) is 12.4. The summed E-state index contributed by atoms with van der Waals surface area (Å²) in [7, 11) is -1.88. The number of nitrogens with zero attached hydrogens (tertiary/aromatic N) is 4. The molecule has 1 saturated heterocycles. The van der Waals surface area contributed by atoms with E-state index in [0.29, 0.717) is 42.7 Å². The molecule has 0 spiro atoms. The summed E-state index contributed by atoms with van der Waals surface area (Å²) < 4.78 is 33.7. The van der Waals surface area contributed by atoms with E-state index in [1.807, 2.05) is 60.7 Å². The van der Waals surface area contributed by atoms with E-state index in [-0.39, 0.29) is 6.04 Å². The summed E-state index contributed by atoms with van der Waals surface area (Å²) in [5, 5.41) is 4.36. The lowest BCUT2D eigenvalue weighted by molar-refractivity contribution is 0.141. The van der Waals surface area contributed by atoms with Crippen molar-refractivity contribution in [3.63, 3.8) is 0 Å². The van der Waals surface area contributed by atoms with Gasteiger partial charge in [-0.3, -0.25) is 4.90 Å². The van der Waals surface area contributed by atoms with Gasteiger partial charge in [0.05, 0.1) is 29.3 Å². The molecule has 9 heteroatoms. The number of anilines is 2. The maximum Gasteiger partial charge on any atom is 0.243 e. The van der Waals surface area contributed by atoms with E-state index in [9.17, 15) is 8.42 Å². The van der Waals surface area contributed by atoms with Crippen LogP contribution in [0.4, 0.5) is 11.5 Å². The SMILES string of the molecule is CCCc1ccc(S(=O)(=O)N2CCN(C(C)c3nc(Nc4ccccc4OC)c4ccccc4n3)CC2)cc1. The number of fused-ring (bicyclic) bond motifs is 1. The van der Waals surface area contributed by atoms with E-state index in [1.54, 1.807) is 23.5 Å². The molecule has 39 heavy (non-hydrogen) atoms. The molecular formula is C30H35N5O3S. The highest BCUT2D eigenvalue weighted by atomic mass is 32.2. The number of sulfonamides is 1. The van der Waals surface area contributed by atoms with Crippen LogP contribution in [-0.4, -0.2) is 60.9 Å². The Morgan fingerprint density at radius 2 is 1.62 bits per heavy atom. The second-order valence-corrected chi connectivity index (χ2v) is 11.7. The molecule has 4 aromatic rings. The van der Waals surface area contributed by atoms with E-state index in [2.05, 4.69) is 24.1 Å². The molecule has 8 nitrogen and oxygen atoms in total. The van der Waals surface area contributed by atoms with E-state index in [4.69, 9.17) is 14.7 Å². The Kier molecular flexibility index (Phi) is 8.11. The normalized spacial score (nSPS) is 15.8. The fourth-order valence-electron chi connectivity index (χ4n) is 5.01. The van der Waals surface area contributed by atoms with Crippen molar-refractivity contribution in [1.29, 1.82) is 0 Å². The van der Waals surface area contributed by atoms with Crippen LogP contribution in [0.1, 0.15) is 37.7 Å². The van der Waals surface area contributed by atoms with Crippen LogP contribution in [0.15, 0.2) is 77.7 Å². The predicted molar refractivity (Wildman–Crippen MR) is 155 cm³/mol. The van der Waals surface area contributed by atoms with Gasteiger partial charge in [0.15, 0.2) is 0 Å². The Hall–Kier alpha value is -3.53. The average molecular weight is 546 g/mol. The van der Waals surface area contributed by atoms with Crippen molar-refractivity contribution in [2.75, 3.05) is 38.6 Å². The van der Waals surface area contributed by atoms with Crippen LogP contribution in [0.25, 0.3) is 10.9 Å². The number of piperazine rings is 1. The van der Waals surface area contributed by atoms with Crippen molar-refractivity contribution in [2.24, 2.45) is 0 Å². The summed E-state index contributed by atoms with van der Waals surface area (Å²) >= 11 is 0. The molecule has 3 aromatic carbocycles. The highest BCUT2D eigenvalue weighted by Gasteiger charge is 2.31. The standard InChI is InChI=1S/C30H35N5O3S/c1-4-9-23-14-16-24(17-15-23)39(36,37)35-20-18-34(19-21-35)22(2)29-31-26-11-6-5-10-25(26)30(33-29)32-27-12-7-8-13-28(27)38-3/h5-8,10-17,22H,4,9,18-21H2,1-3H3,(H,31,32,33). The number of para-hydroxylation sites is 3. The minimum atomic E-state index is -3.53. The highest BCUT2D eigenvalue weighted by Crippen LogP contribution is 2.31. The predicted octanol–water partition coefficient (Wildman–Crippen LogP) is 5.40. The van der Waals surface area contributed by atoms with Crippen molar-refractivity contribution in [3.8, 4) is 5.75 Å². The molecule has 0 amide bonds. The molecular weight excluding hydrogens is 510 g/mol. The number of hydrogen-bond acceptors (Lipinski definition) is 7. The molecule has 1 N–H and O–H groups in total. The minimum Gasteiger partial charge on any atom is -0.495 e. The Morgan fingerprint density at radius 3 is 2.33 bits per heavy atom. The molecule has 5 rings (SSSR count). The molecule has 1 aromatic heterocycles. The maximum absolute atomic E-state index is 13.3. The van der Waals surface area contributed by atoms with Gasteiger partial charge in [-0.2, -0.15) is 4.31 Å². The zero-order valence-corrected chi connectivity index (χ0v) is 23.5. The number of aryl methyl sites for hydroxylation is 1. The largest absolute Gasteiger partial charge is 0.495 e. The van der Waals surface area contributed by atoms with Crippen LogP contribution >= 0.6 is 0 Å². The number of ether oxygens (including phenoxy) is 1. The zero-order valence-electron chi connectivity index (χ0n) is 22.7. The van der Waals surface area contributed by atoms with Crippen LogP contribution in [0.3, 0.4) is 0 Å². The second kappa shape index (κ2) is 11.7. The van der Waals surface area contributed by atoms with Crippen LogP contribution in [0.5, 0.6) is 5.75 Å². The summed E-state index contributed by atoms with van der Waals surface area (Å²) in [5.74, 6) is 2.13. The molecule has 1 aliphatic heterocycles. The smallest absolute Gasteiger partial charge is 0.243 e. The van der Waals surface area contributed by atoms with Gasteiger partial charge in [0.2, 0.25) is 10.0 Å². The van der Waals surface area contributed by atoms with Gasteiger partial charge in [0, 0.05) is 31.6 Å². The molecule has 0 aliphatic carbocycles. The maximum atomic E-state index is 13.3. The van der Waals surface area contributed by atoms with E-state index in [1.165, 1.54) is 0 Å². The third kappa shape index (κ3) is 5.75. The van der Waals surface area contributed by atoms with Crippen LogP contribution < -0.4 is 10.1 Å². The van der Waals surface area contributed by atoms with Gasteiger partial charge >= 0.3 is 0 Å². The second-order valence-electron chi connectivity index (χ2n) is 9.78. The molecule has 1 fully saturated rings. The van der Waals surface area contributed by atoms with Gasteiger partial charge in [0.1, 0.15) is 17.4 Å². The lowest BCUT2D eigenvalue weighted by Gasteiger charge is -2.37. The topological polar surface area (TPSA) is 87.7 Å². The molecule has 0 radical (unpaired) electrons. The van der Waals surface area contributed by atoms with Gasteiger partial charge in [-0.25, -0.2) is 18.4 Å². The molecule has 1 atom stereocenters. The molecule has 0 saturated carbocycles. The number of benzene rings is 3. The molecule has 0 bridgehead atoms. The molecule has 204 valence electrons. The zero-order chi connectivity index (χ0) is 27.4. The van der Waals surface area contributed by atoms with E-state index < -0.39 is 10.0 Å². The van der Waals surface area contributed by atoms with Crippen LogP contribution in [-0.2, 0) is 16.4 Å². The summed E-state index contributed by atoms with van der Waals surface area (Å²) in [5.41, 5.74) is 2.83. The lowest BCUT2D eigenvalue weighted by atomic mass is 10.1. The number of hydrogen-bond donors (Lipinski definition) is 1. The number of methoxy groups -OCH3 is 1. The lowest BCUT2D eigenvalue weighted by Crippen LogP contribution is -2.49. The first-order valence-electron chi connectivity index (χ1n) is 13.4. The average Bonchev–Trinajstić information content (AvgIpc) is 2.97. The van der Waals surface area contributed by atoms with Gasteiger partial charge in [-0.05, 0) is 55.3 Å². The summed E-state index contributed by atoms with van der Waals surface area (Å²) in [6.45, 7) is 6.23. The van der Waals surface area contributed by atoms with Crippen molar-refractivity contribution < 1.29 is 13.2 Å². The summed E-state index contributed by atoms with van der Waals surface area (Å²) in [6.07, 6.45) is 1.98. The quantitative estimate of drug-likeness (QED) is 0.301. The number of nitrogens with one attached hydrogen (secondary N) is 1. The third-order valence-corrected chi connectivity index (χ3v) is 9.19. The van der Waals surface area contributed by atoms with Crippen molar-refractivity contribution >= 4 is 32.4 Å². The monoisotopic (exact) mass is 545 g/mol. The Balaban J connectivity index is 1.34. The van der Waals surface area contributed by atoms with Crippen molar-refractivity contribution in [1.82, 2.24) is 19.2 Å². The first-order valence-corrected chi connectivity index (χ1v) is 14.8. The van der Waals surface area contributed by atoms with Gasteiger partial charge in [-0.15, -0.1) is 0 Å². The van der Waals surface area contributed by atoms with Crippen LogP contribution in [0.2, 0.25) is 0 Å². The first kappa shape index (κ1) is 27.1. The minimum absolute atomic E-state index is 0.0917. The van der Waals surface area contributed by atoms with Crippen molar-refractivity contribution in [3.05, 3.63) is 84.2 Å². The fourth-order valence-corrected chi connectivity index (χ4v) is 6.43. The third-order valence-electron chi connectivity index (χ3n) is 7.27. The van der Waals surface area contributed by atoms with Crippen molar-refractivity contribution in [2.45, 2.75) is 37.6 Å². The van der Waals surface area contributed by atoms with Crippen LogP contribution in [0, 0.1) is 0 Å². The highest BCUT2D eigenvalue weighted by molar-refractivity contribution is 7.89.